The molecule has 1 aliphatic carbocycles. The van der Waals surface area contributed by atoms with Crippen LogP contribution in [0.2, 0.25) is 0 Å². The lowest BCUT2D eigenvalue weighted by Gasteiger charge is -2.38. The van der Waals surface area contributed by atoms with E-state index in [9.17, 15) is 4.79 Å². The van der Waals surface area contributed by atoms with Gasteiger partial charge in [0.15, 0.2) is 5.96 Å². The van der Waals surface area contributed by atoms with Crippen LogP contribution in [0.5, 0.6) is 0 Å². The number of aromatic nitrogens is 1. The van der Waals surface area contributed by atoms with Gasteiger partial charge in [-0.05, 0) is 25.0 Å². The van der Waals surface area contributed by atoms with Gasteiger partial charge in [-0.2, -0.15) is 0 Å². The number of nitrogens with one attached hydrogen (secondary N) is 2. The summed E-state index contributed by atoms with van der Waals surface area (Å²) in [6.07, 6.45) is 7.54. The molecule has 1 amide bonds. The molecule has 3 rings (SSSR count). The first-order valence-electron chi connectivity index (χ1n) is 9.82. The number of halogens is 1. The third kappa shape index (κ3) is 6.67. The quantitative estimate of drug-likeness (QED) is 0.344. The SMILES string of the molecule is CN=C(NCCN1CCN(C(=O)C2CCC2)CC1)NCCn1cccc1.I. The number of guanidine groups is 1. The van der Waals surface area contributed by atoms with Crippen LogP contribution in [-0.4, -0.2) is 79.1 Å². The van der Waals surface area contributed by atoms with E-state index in [1.54, 1.807) is 7.05 Å². The molecule has 1 aromatic rings. The zero-order valence-corrected chi connectivity index (χ0v) is 18.6. The summed E-state index contributed by atoms with van der Waals surface area (Å²) in [6.45, 7) is 7.29. The highest BCUT2D eigenvalue weighted by molar-refractivity contribution is 14.0. The first-order valence-corrected chi connectivity index (χ1v) is 9.82. The topological polar surface area (TPSA) is 64.9 Å². The molecule has 1 saturated carbocycles. The average Bonchev–Trinajstić information content (AvgIpc) is 3.13. The van der Waals surface area contributed by atoms with Gasteiger partial charge in [-0.15, -0.1) is 24.0 Å². The summed E-state index contributed by atoms with van der Waals surface area (Å²) in [6, 6.07) is 4.07. The highest BCUT2D eigenvalue weighted by Gasteiger charge is 2.30. The van der Waals surface area contributed by atoms with Crippen molar-refractivity contribution in [3.63, 3.8) is 0 Å². The smallest absolute Gasteiger partial charge is 0.225 e. The van der Waals surface area contributed by atoms with Crippen molar-refractivity contribution >= 4 is 35.8 Å². The monoisotopic (exact) mass is 488 g/mol. The van der Waals surface area contributed by atoms with Gasteiger partial charge in [0.25, 0.3) is 0 Å². The maximum atomic E-state index is 12.3. The highest BCUT2D eigenvalue weighted by atomic mass is 127. The fourth-order valence-corrected chi connectivity index (χ4v) is 3.48. The van der Waals surface area contributed by atoms with Gasteiger partial charge in [0.05, 0.1) is 0 Å². The fraction of sp³-hybridized carbons (Fsp3) is 0.684. The minimum atomic E-state index is 0. The lowest BCUT2D eigenvalue weighted by molar-refractivity contribution is -0.139. The number of amides is 1. The number of carbonyl (C=O) groups excluding carboxylic acids is 1. The Hall–Kier alpha value is -1.29. The third-order valence-electron chi connectivity index (χ3n) is 5.41. The van der Waals surface area contributed by atoms with Crippen molar-refractivity contribution < 1.29 is 4.79 Å². The molecule has 1 aliphatic heterocycles. The molecule has 152 valence electrons. The molecular formula is C19H33IN6O. The molecule has 1 aromatic heterocycles. The zero-order valence-electron chi connectivity index (χ0n) is 16.3. The van der Waals surface area contributed by atoms with E-state index in [4.69, 9.17) is 0 Å². The number of nitrogens with zero attached hydrogens (tertiary/aromatic N) is 4. The molecule has 0 aromatic carbocycles. The van der Waals surface area contributed by atoms with Gasteiger partial charge in [-0.3, -0.25) is 14.7 Å². The molecule has 2 aliphatic rings. The van der Waals surface area contributed by atoms with Crippen molar-refractivity contribution in [3.8, 4) is 0 Å². The minimum absolute atomic E-state index is 0. The Bertz CT molecular complexity index is 579. The first kappa shape index (κ1) is 22.0. The van der Waals surface area contributed by atoms with Crippen LogP contribution in [0, 0.1) is 5.92 Å². The number of piperazine rings is 1. The Morgan fingerprint density at radius 2 is 1.67 bits per heavy atom. The van der Waals surface area contributed by atoms with Crippen molar-refractivity contribution in [2.75, 3.05) is 52.9 Å². The Labute approximate surface area is 179 Å². The number of hydrogen-bond donors (Lipinski definition) is 2. The van der Waals surface area contributed by atoms with E-state index < -0.39 is 0 Å². The van der Waals surface area contributed by atoms with E-state index in [2.05, 4.69) is 42.4 Å². The van der Waals surface area contributed by atoms with Crippen molar-refractivity contribution in [3.05, 3.63) is 24.5 Å². The van der Waals surface area contributed by atoms with Crippen LogP contribution in [0.3, 0.4) is 0 Å². The minimum Gasteiger partial charge on any atom is -0.355 e. The number of aliphatic imine (C=N–C) groups is 1. The lowest BCUT2D eigenvalue weighted by Crippen LogP contribution is -2.52. The summed E-state index contributed by atoms with van der Waals surface area (Å²) in [7, 11) is 1.80. The molecule has 2 fully saturated rings. The molecule has 0 atom stereocenters. The molecule has 1 saturated heterocycles. The summed E-state index contributed by atoms with van der Waals surface area (Å²) in [4.78, 5) is 21.0. The Balaban J connectivity index is 0.00000261. The Morgan fingerprint density at radius 3 is 2.22 bits per heavy atom. The van der Waals surface area contributed by atoms with E-state index >= 15 is 0 Å². The van der Waals surface area contributed by atoms with Crippen molar-refractivity contribution in [2.24, 2.45) is 10.9 Å². The molecule has 7 nitrogen and oxygen atoms in total. The summed E-state index contributed by atoms with van der Waals surface area (Å²) in [5.41, 5.74) is 0. The largest absolute Gasteiger partial charge is 0.355 e. The van der Waals surface area contributed by atoms with E-state index in [-0.39, 0.29) is 24.0 Å². The second kappa shape index (κ2) is 11.5. The maximum absolute atomic E-state index is 12.3. The van der Waals surface area contributed by atoms with Crippen LogP contribution in [-0.2, 0) is 11.3 Å². The van der Waals surface area contributed by atoms with Crippen molar-refractivity contribution in [1.82, 2.24) is 25.0 Å². The van der Waals surface area contributed by atoms with E-state index in [1.807, 2.05) is 12.1 Å². The standard InChI is InChI=1S/C19H32N6O.HI/c1-20-19(21-7-11-23-9-2-3-10-23)22-8-12-24-13-15-25(16-14-24)18(26)17-5-4-6-17;/h2-3,9-10,17H,4-8,11-16H2,1H3,(H2,20,21,22);1H. The predicted molar refractivity (Wildman–Crippen MR) is 120 cm³/mol. The Morgan fingerprint density at radius 1 is 1.04 bits per heavy atom. The zero-order chi connectivity index (χ0) is 18.2. The first-order chi connectivity index (χ1) is 12.8. The van der Waals surface area contributed by atoms with Crippen molar-refractivity contribution in [1.29, 1.82) is 0 Å². The van der Waals surface area contributed by atoms with Crippen LogP contribution in [0.15, 0.2) is 29.5 Å². The molecule has 27 heavy (non-hydrogen) atoms. The summed E-state index contributed by atoms with van der Waals surface area (Å²) >= 11 is 0. The molecule has 8 heteroatoms. The van der Waals surface area contributed by atoms with Gasteiger partial charge in [0, 0.05) is 77.7 Å². The van der Waals surface area contributed by atoms with Gasteiger partial charge in [-0.25, -0.2) is 0 Å². The lowest BCUT2D eigenvalue weighted by atomic mass is 9.84. The molecule has 0 unspecified atom stereocenters. The van der Waals surface area contributed by atoms with Gasteiger partial charge >= 0.3 is 0 Å². The summed E-state index contributed by atoms with van der Waals surface area (Å²) in [5.74, 6) is 1.56. The van der Waals surface area contributed by atoms with Gasteiger partial charge < -0.3 is 20.1 Å². The maximum Gasteiger partial charge on any atom is 0.225 e. The van der Waals surface area contributed by atoms with Gasteiger partial charge in [0.1, 0.15) is 0 Å². The fourth-order valence-electron chi connectivity index (χ4n) is 3.48. The number of hydrogen-bond acceptors (Lipinski definition) is 3. The van der Waals surface area contributed by atoms with Crippen molar-refractivity contribution in [2.45, 2.75) is 25.8 Å². The molecule has 2 N–H and O–H groups in total. The van der Waals surface area contributed by atoms with Crippen LogP contribution < -0.4 is 10.6 Å². The van der Waals surface area contributed by atoms with Crippen LogP contribution in [0.4, 0.5) is 0 Å². The third-order valence-corrected chi connectivity index (χ3v) is 5.41. The van der Waals surface area contributed by atoms with Crippen LogP contribution in [0.25, 0.3) is 0 Å². The molecule has 0 bridgehead atoms. The number of rotatable bonds is 7. The molecule has 0 radical (unpaired) electrons. The highest BCUT2D eigenvalue weighted by Crippen LogP contribution is 2.28. The van der Waals surface area contributed by atoms with Gasteiger partial charge in [0.2, 0.25) is 5.91 Å². The van der Waals surface area contributed by atoms with E-state index in [0.717, 1.165) is 71.2 Å². The van der Waals surface area contributed by atoms with Crippen LogP contribution in [0.1, 0.15) is 19.3 Å². The van der Waals surface area contributed by atoms with Crippen LogP contribution >= 0.6 is 24.0 Å². The molecular weight excluding hydrogens is 455 g/mol. The normalized spacial score (nSPS) is 18.6. The second-order valence-electron chi connectivity index (χ2n) is 7.14. The second-order valence-corrected chi connectivity index (χ2v) is 7.14. The van der Waals surface area contributed by atoms with E-state index in [1.165, 1.54) is 6.42 Å². The molecule has 2 heterocycles. The van der Waals surface area contributed by atoms with E-state index in [0.29, 0.717) is 11.8 Å². The predicted octanol–water partition coefficient (Wildman–Crippen LogP) is 1.22. The van der Waals surface area contributed by atoms with Gasteiger partial charge in [-0.1, -0.05) is 6.42 Å². The summed E-state index contributed by atoms with van der Waals surface area (Å²) in [5, 5.41) is 6.71. The average molecular weight is 488 g/mol. The Kier molecular flexibility index (Phi) is 9.40. The molecule has 0 spiro atoms. The number of carbonyl (C=O) groups is 1. The summed E-state index contributed by atoms with van der Waals surface area (Å²) < 4.78 is 2.14.